The molecule has 1 aromatic rings. The van der Waals surface area contributed by atoms with Gasteiger partial charge in [-0.2, -0.15) is 0 Å². The molecule has 1 heterocycles. The Morgan fingerprint density at radius 1 is 1.53 bits per heavy atom. The Balaban J connectivity index is 1.88. The van der Waals surface area contributed by atoms with Crippen LogP contribution in [0.3, 0.4) is 0 Å². The first-order valence-electron chi connectivity index (χ1n) is 6.35. The van der Waals surface area contributed by atoms with Crippen LogP contribution >= 0.6 is 0 Å². The average Bonchev–Trinajstić information content (AvgIpc) is 2.72. The number of rotatable bonds is 5. The van der Waals surface area contributed by atoms with Gasteiger partial charge in [-0.15, -0.1) is 0 Å². The van der Waals surface area contributed by atoms with E-state index in [0.29, 0.717) is 6.04 Å². The van der Waals surface area contributed by atoms with Gasteiger partial charge >= 0.3 is 0 Å². The van der Waals surface area contributed by atoms with Gasteiger partial charge in [0, 0.05) is 18.0 Å². The standard InChI is InChI=1S/C14H20FNO/c1-3-12(16-2)5-6-13-9-10-8-11(15)4-7-14(10)17-13/h4,7-8,12-13,16H,3,5-6,9H2,1-2H3. The van der Waals surface area contributed by atoms with Gasteiger partial charge in [-0.25, -0.2) is 4.39 Å². The highest BCUT2D eigenvalue weighted by molar-refractivity contribution is 5.37. The molecule has 0 fully saturated rings. The average molecular weight is 237 g/mol. The largest absolute Gasteiger partial charge is 0.490 e. The van der Waals surface area contributed by atoms with Crippen LogP contribution in [0.5, 0.6) is 5.75 Å². The topological polar surface area (TPSA) is 21.3 Å². The molecule has 1 aliphatic heterocycles. The van der Waals surface area contributed by atoms with Crippen LogP contribution in [0.15, 0.2) is 18.2 Å². The van der Waals surface area contributed by atoms with Crippen LogP contribution in [-0.2, 0) is 6.42 Å². The molecule has 94 valence electrons. The number of nitrogens with one attached hydrogen (secondary N) is 1. The summed E-state index contributed by atoms with van der Waals surface area (Å²) in [5, 5.41) is 3.29. The Bertz CT molecular complexity index is 376. The number of hydrogen-bond donors (Lipinski definition) is 1. The van der Waals surface area contributed by atoms with E-state index < -0.39 is 0 Å². The molecule has 2 nitrogen and oxygen atoms in total. The Morgan fingerprint density at radius 2 is 2.35 bits per heavy atom. The highest BCUT2D eigenvalue weighted by Crippen LogP contribution is 2.31. The first-order valence-corrected chi connectivity index (χ1v) is 6.35. The third-order valence-electron chi connectivity index (χ3n) is 3.50. The molecule has 0 aliphatic carbocycles. The molecule has 2 atom stereocenters. The lowest BCUT2D eigenvalue weighted by molar-refractivity contribution is 0.211. The van der Waals surface area contributed by atoms with Crippen LogP contribution < -0.4 is 10.1 Å². The van der Waals surface area contributed by atoms with Crippen LogP contribution in [0.4, 0.5) is 4.39 Å². The quantitative estimate of drug-likeness (QED) is 0.850. The summed E-state index contributed by atoms with van der Waals surface area (Å²) < 4.78 is 18.9. The van der Waals surface area contributed by atoms with Crippen LogP contribution in [0.1, 0.15) is 31.7 Å². The van der Waals surface area contributed by atoms with E-state index in [1.54, 1.807) is 12.1 Å². The molecule has 0 aromatic heterocycles. The molecule has 0 amide bonds. The van der Waals surface area contributed by atoms with Crippen molar-refractivity contribution in [3.05, 3.63) is 29.6 Å². The zero-order valence-corrected chi connectivity index (χ0v) is 10.5. The van der Waals surface area contributed by atoms with E-state index in [1.807, 2.05) is 7.05 Å². The summed E-state index contributed by atoms with van der Waals surface area (Å²) in [6.07, 6.45) is 4.32. The van der Waals surface area contributed by atoms with Crippen LogP contribution in [0.25, 0.3) is 0 Å². The highest BCUT2D eigenvalue weighted by atomic mass is 19.1. The molecular formula is C14H20FNO. The summed E-state index contributed by atoms with van der Waals surface area (Å²) >= 11 is 0. The maximum Gasteiger partial charge on any atom is 0.123 e. The highest BCUT2D eigenvalue weighted by Gasteiger charge is 2.23. The molecule has 1 aromatic carbocycles. The molecule has 2 unspecified atom stereocenters. The lowest BCUT2D eigenvalue weighted by Crippen LogP contribution is -2.26. The third kappa shape index (κ3) is 2.97. The van der Waals surface area contributed by atoms with Crippen molar-refractivity contribution in [2.24, 2.45) is 0 Å². The van der Waals surface area contributed by atoms with Crippen molar-refractivity contribution in [3.63, 3.8) is 0 Å². The second kappa shape index (κ2) is 5.50. The molecule has 0 spiro atoms. The van der Waals surface area contributed by atoms with Gasteiger partial charge < -0.3 is 10.1 Å². The molecule has 0 saturated carbocycles. The predicted molar refractivity (Wildman–Crippen MR) is 66.9 cm³/mol. The Hall–Kier alpha value is -1.09. The zero-order valence-electron chi connectivity index (χ0n) is 10.5. The second-order valence-electron chi connectivity index (χ2n) is 4.67. The van der Waals surface area contributed by atoms with Crippen molar-refractivity contribution < 1.29 is 9.13 Å². The fourth-order valence-corrected chi connectivity index (χ4v) is 2.39. The van der Waals surface area contributed by atoms with Crippen molar-refractivity contribution in [1.82, 2.24) is 5.32 Å². The van der Waals surface area contributed by atoms with Gasteiger partial charge in [0.1, 0.15) is 17.7 Å². The number of ether oxygens (including phenoxy) is 1. The minimum atomic E-state index is -0.172. The molecular weight excluding hydrogens is 217 g/mol. The molecule has 2 rings (SSSR count). The Morgan fingerprint density at radius 3 is 3.06 bits per heavy atom. The van der Waals surface area contributed by atoms with Gasteiger partial charge in [0.15, 0.2) is 0 Å². The van der Waals surface area contributed by atoms with Gasteiger partial charge in [-0.1, -0.05) is 6.92 Å². The SMILES string of the molecule is CCC(CCC1Cc2cc(F)ccc2O1)NC. The molecule has 0 saturated heterocycles. The van der Waals surface area contributed by atoms with Gasteiger partial charge in [0.2, 0.25) is 0 Å². The molecule has 3 heteroatoms. The number of hydrogen-bond acceptors (Lipinski definition) is 2. The van der Waals surface area contributed by atoms with Crippen LogP contribution in [-0.4, -0.2) is 19.2 Å². The van der Waals surface area contributed by atoms with Gasteiger partial charge in [0.05, 0.1) is 0 Å². The Kier molecular flexibility index (Phi) is 4.00. The minimum absolute atomic E-state index is 0.172. The van der Waals surface area contributed by atoms with E-state index in [0.717, 1.165) is 37.0 Å². The summed E-state index contributed by atoms with van der Waals surface area (Å²) in [6.45, 7) is 2.18. The number of halogens is 1. The molecule has 0 bridgehead atoms. The van der Waals surface area contributed by atoms with Crippen molar-refractivity contribution in [2.45, 2.75) is 44.8 Å². The normalized spacial score (nSPS) is 19.8. The van der Waals surface area contributed by atoms with Crippen molar-refractivity contribution >= 4 is 0 Å². The van der Waals surface area contributed by atoms with E-state index in [1.165, 1.54) is 6.07 Å². The Labute approximate surface area is 102 Å². The molecule has 1 N–H and O–H groups in total. The van der Waals surface area contributed by atoms with Crippen molar-refractivity contribution in [2.75, 3.05) is 7.05 Å². The summed E-state index contributed by atoms with van der Waals surface area (Å²) in [5.74, 6) is 0.684. The van der Waals surface area contributed by atoms with Crippen molar-refractivity contribution in [3.8, 4) is 5.75 Å². The fraction of sp³-hybridized carbons (Fsp3) is 0.571. The van der Waals surface area contributed by atoms with Gasteiger partial charge in [-0.3, -0.25) is 0 Å². The number of benzene rings is 1. The predicted octanol–water partition coefficient (Wildman–Crippen LogP) is 2.91. The number of fused-ring (bicyclic) bond motifs is 1. The second-order valence-corrected chi connectivity index (χ2v) is 4.67. The molecule has 17 heavy (non-hydrogen) atoms. The maximum atomic E-state index is 13.0. The lowest BCUT2D eigenvalue weighted by Gasteiger charge is -2.16. The monoisotopic (exact) mass is 237 g/mol. The first-order chi connectivity index (χ1) is 8.22. The molecule has 0 radical (unpaired) electrons. The van der Waals surface area contributed by atoms with E-state index in [-0.39, 0.29) is 11.9 Å². The molecule has 1 aliphatic rings. The smallest absolute Gasteiger partial charge is 0.123 e. The van der Waals surface area contributed by atoms with E-state index >= 15 is 0 Å². The summed E-state index contributed by atoms with van der Waals surface area (Å²) in [6, 6.07) is 5.34. The summed E-state index contributed by atoms with van der Waals surface area (Å²) in [7, 11) is 1.99. The van der Waals surface area contributed by atoms with Gasteiger partial charge in [0.25, 0.3) is 0 Å². The van der Waals surface area contributed by atoms with Gasteiger partial charge in [-0.05, 0) is 44.5 Å². The van der Waals surface area contributed by atoms with Crippen LogP contribution in [0.2, 0.25) is 0 Å². The summed E-state index contributed by atoms with van der Waals surface area (Å²) in [5.41, 5.74) is 1.01. The van der Waals surface area contributed by atoms with E-state index in [2.05, 4.69) is 12.2 Å². The third-order valence-corrected chi connectivity index (χ3v) is 3.50. The summed E-state index contributed by atoms with van der Waals surface area (Å²) in [4.78, 5) is 0. The fourth-order valence-electron chi connectivity index (χ4n) is 2.39. The first kappa shape index (κ1) is 12.4. The zero-order chi connectivity index (χ0) is 12.3. The minimum Gasteiger partial charge on any atom is -0.490 e. The van der Waals surface area contributed by atoms with Crippen molar-refractivity contribution in [1.29, 1.82) is 0 Å². The van der Waals surface area contributed by atoms with E-state index in [4.69, 9.17) is 4.74 Å². The maximum absolute atomic E-state index is 13.0. The van der Waals surface area contributed by atoms with E-state index in [9.17, 15) is 4.39 Å². The van der Waals surface area contributed by atoms with Crippen LogP contribution in [0, 0.1) is 5.82 Å². The lowest BCUT2D eigenvalue weighted by atomic mass is 10.0.